The van der Waals surface area contributed by atoms with E-state index in [4.69, 9.17) is 4.74 Å². The molecule has 1 aromatic heterocycles. The summed E-state index contributed by atoms with van der Waals surface area (Å²) in [6.07, 6.45) is 5.04. The Morgan fingerprint density at radius 3 is 2.94 bits per heavy atom. The van der Waals surface area contributed by atoms with Gasteiger partial charge in [0.05, 0.1) is 12.1 Å². The zero-order chi connectivity index (χ0) is 11.8. The SMILES string of the molecule is CCOc1ccc2c(I)cn(CC3CC3)c2c1. The lowest BCUT2D eigenvalue weighted by atomic mass is 10.2. The van der Waals surface area contributed by atoms with Gasteiger partial charge in [0.25, 0.3) is 0 Å². The van der Waals surface area contributed by atoms with E-state index >= 15 is 0 Å². The molecule has 0 N–H and O–H groups in total. The standard InChI is InChI=1S/C14H16INO/c1-2-17-11-5-6-12-13(15)9-16(14(12)7-11)8-10-3-4-10/h5-7,9-10H,2-4,8H2,1H3. The van der Waals surface area contributed by atoms with Crippen molar-refractivity contribution in [1.29, 1.82) is 0 Å². The van der Waals surface area contributed by atoms with E-state index in [1.807, 2.05) is 6.92 Å². The Labute approximate surface area is 115 Å². The predicted molar refractivity (Wildman–Crippen MR) is 78.5 cm³/mol. The first-order chi connectivity index (χ1) is 8.28. The molecule has 1 aromatic carbocycles. The van der Waals surface area contributed by atoms with E-state index in [9.17, 15) is 0 Å². The third kappa shape index (κ3) is 2.30. The Morgan fingerprint density at radius 1 is 1.41 bits per heavy atom. The molecule has 0 saturated heterocycles. The van der Waals surface area contributed by atoms with Crippen LogP contribution in [-0.4, -0.2) is 11.2 Å². The zero-order valence-electron chi connectivity index (χ0n) is 9.95. The Kier molecular flexibility index (Phi) is 3.03. The average Bonchev–Trinajstić information content (AvgIpc) is 3.07. The molecule has 1 saturated carbocycles. The van der Waals surface area contributed by atoms with E-state index in [2.05, 4.69) is 51.6 Å². The van der Waals surface area contributed by atoms with Gasteiger partial charge in [0.1, 0.15) is 5.75 Å². The molecule has 1 fully saturated rings. The van der Waals surface area contributed by atoms with Gasteiger partial charge >= 0.3 is 0 Å². The van der Waals surface area contributed by atoms with Crippen LogP contribution in [0.5, 0.6) is 5.75 Å². The molecule has 0 unspecified atom stereocenters. The van der Waals surface area contributed by atoms with Crippen LogP contribution in [0.15, 0.2) is 24.4 Å². The number of aromatic nitrogens is 1. The number of halogens is 1. The Balaban J connectivity index is 2.03. The lowest BCUT2D eigenvalue weighted by molar-refractivity contribution is 0.340. The topological polar surface area (TPSA) is 14.2 Å². The van der Waals surface area contributed by atoms with E-state index in [1.165, 1.54) is 27.3 Å². The van der Waals surface area contributed by atoms with Crippen LogP contribution in [0, 0.1) is 9.49 Å². The van der Waals surface area contributed by atoms with Gasteiger partial charge in [-0.3, -0.25) is 0 Å². The van der Waals surface area contributed by atoms with Gasteiger partial charge in [0.15, 0.2) is 0 Å². The Bertz CT molecular complexity index is 542. The number of hydrogen-bond donors (Lipinski definition) is 0. The first-order valence-electron chi connectivity index (χ1n) is 6.19. The molecule has 90 valence electrons. The minimum Gasteiger partial charge on any atom is -0.494 e. The summed E-state index contributed by atoms with van der Waals surface area (Å²) in [4.78, 5) is 0. The van der Waals surface area contributed by atoms with Crippen LogP contribution in [0.4, 0.5) is 0 Å². The van der Waals surface area contributed by atoms with Gasteiger partial charge in [0.2, 0.25) is 0 Å². The van der Waals surface area contributed by atoms with Gasteiger partial charge < -0.3 is 9.30 Å². The highest BCUT2D eigenvalue weighted by atomic mass is 127. The maximum atomic E-state index is 5.58. The van der Waals surface area contributed by atoms with Crippen LogP contribution < -0.4 is 4.74 Å². The van der Waals surface area contributed by atoms with Crippen LogP contribution in [-0.2, 0) is 6.54 Å². The number of benzene rings is 1. The molecule has 3 rings (SSSR count). The average molecular weight is 341 g/mol. The molecule has 0 spiro atoms. The predicted octanol–water partition coefficient (Wildman–Crippen LogP) is 4.05. The Hall–Kier alpha value is -0.710. The van der Waals surface area contributed by atoms with Gasteiger partial charge in [-0.15, -0.1) is 0 Å². The van der Waals surface area contributed by atoms with Crippen molar-refractivity contribution in [1.82, 2.24) is 4.57 Å². The molecule has 0 amide bonds. The molecule has 0 atom stereocenters. The van der Waals surface area contributed by atoms with E-state index in [0.29, 0.717) is 0 Å². The summed E-state index contributed by atoms with van der Waals surface area (Å²) < 4.78 is 9.30. The maximum Gasteiger partial charge on any atom is 0.121 e. The fourth-order valence-electron chi connectivity index (χ4n) is 2.21. The van der Waals surface area contributed by atoms with Gasteiger partial charge in [-0.1, -0.05) is 0 Å². The second-order valence-corrected chi connectivity index (χ2v) is 5.85. The second-order valence-electron chi connectivity index (χ2n) is 4.68. The van der Waals surface area contributed by atoms with Crippen LogP contribution in [0.1, 0.15) is 19.8 Å². The quantitative estimate of drug-likeness (QED) is 0.765. The van der Waals surface area contributed by atoms with E-state index in [1.54, 1.807) is 0 Å². The van der Waals surface area contributed by atoms with Crippen molar-refractivity contribution in [3.63, 3.8) is 0 Å². The highest BCUT2D eigenvalue weighted by molar-refractivity contribution is 14.1. The maximum absolute atomic E-state index is 5.58. The zero-order valence-corrected chi connectivity index (χ0v) is 12.1. The van der Waals surface area contributed by atoms with Crippen molar-refractivity contribution in [2.45, 2.75) is 26.3 Å². The highest BCUT2D eigenvalue weighted by Gasteiger charge is 2.22. The van der Waals surface area contributed by atoms with Crippen molar-refractivity contribution < 1.29 is 4.74 Å². The number of fused-ring (bicyclic) bond motifs is 1. The molecule has 17 heavy (non-hydrogen) atoms. The molecule has 2 nitrogen and oxygen atoms in total. The number of nitrogens with zero attached hydrogens (tertiary/aromatic N) is 1. The number of hydrogen-bond acceptors (Lipinski definition) is 1. The van der Waals surface area contributed by atoms with Crippen LogP contribution in [0.25, 0.3) is 10.9 Å². The second kappa shape index (κ2) is 4.52. The molecule has 0 aliphatic heterocycles. The van der Waals surface area contributed by atoms with Crippen LogP contribution in [0.3, 0.4) is 0 Å². The number of rotatable bonds is 4. The lowest BCUT2D eigenvalue weighted by Crippen LogP contribution is -1.98. The van der Waals surface area contributed by atoms with E-state index in [-0.39, 0.29) is 0 Å². The summed E-state index contributed by atoms with van der Waals surface area (Å²) in [6, 6.07) is 6.41. The smallest absolute Gasteiger partial charge is 0.121 e. The summed E-state index contributed by atoms with van der Waals surface area (Å²) in [7, 11) is 0. The summed E-state index contributed by atoms with van der Waals surface area (Å²) in [5.74, 6) is 1.88. The first-order valence-corrected chi connectivity index (χ1v) is 7.27. The van der Waals surface area contributed by atoms with Crippen molar-refractivity contribution in [3.05, 3.63) is 28.0 Å². The minimum absolute atomic E-state index is 0.728. The van der Waals surface area contributed by atoms with Gasteiger partial charge in [-0.05, 0) is 60.4 Å². The largest absolute Gasteiger partial charge is 0.494 e. The summed E-state index contributed by atoms with van der Waals surface area (Å²) in [5.41, 5.74) is 1.31. The third-order valence-electron chi connectivity index (χ3n) is 3.27. The Morgan fingerprint density at radius 2 is 2.24 bits per heavy atom. The molecule has 2 aromatic rings. The molecular formula is C14H16INO. The van der Waals surface area contributed by atoms with E-state index in [0.717, 1.165) is 24.8 Å². The first kappa shape index (κ1) is 11.4. The van der Waals surface area contributed by atoms with Crippen LogP contribution >= 0.6 is 22.6 Å². The van der Waals surface area contributed by atoms with Crippen molar-refractivity contribution in [2.24, 2.45) is 5.92 Å². The van der Waals surface area contributed by atoms with Crippen LogP contribution in [0.2, 0.25) is 0 Å². The van der Waals surface area contributed by atoms with Gasteiger partial charge in [-0.25, -0.2) is 0 Å². The fourth-order valence-corrected chi connectivity index (χ4v) is 3.01. The summed E-state index contributed by atoms with van der Waals surface area (Å²) in [6.45, 7) is 3.91. The lowest BCUT2D eigenvalue weighted by Gasteiger charge is -2.06. The molecule has 1 aliphatic carbocycles. The summed E-state index contributed by atoms with van der Waals surface area (Å²) >= 11 is 2.42. The molecule has 1 aliphatic rings. The van der Waals surface area contributed by atoms with Crippen molar-refractivity contribution >= 4 is 33.5 Å². The normalized spacial score (nSPS) is 15.4. The molecule has 0 radical (unpaired) electrons. The summed E-state index contributed by atoms with van der Waals surface area (Å²) in [5, 5.41) is 1.34. The van der Waals surface area contributed by atoms with E-state index < -0.39 is 0 Å². The molecule has 1 heterocycles. The van der Waals surface area contributed by atoms with Gasteiger partial charge in [0, 0.05) is 27.8 Å². The fraction of sp³-hybridized carbons (Fsp3) is 0.429. The minimum atomic E-state index is 0.728. The molecular weight excluding hydrogens is 325 g/mol. The molecule has 3 heteroatoms. The van der Waals surface area contributed by atoms with Crippen molar-refractivity contribution in [3.8, 4) is 5.75 Å². The monoisotopic (exact) mass is 341 g/mol. The number of ether oxygens (including phenoxy) is 1. The van der Waals surface area contributed by atoms with Gasteiger partial charge in [-0.2, -0.15) is 0 Å². The molecule has 0 bridgehead atoms. The third-order valence-corrected chi connectivity index (χ3v) is 4.13. The highest BCUT2D eigenvalue weighted by Crippen LogP contribution is 2.34. The van der Waals surface area contributed by atoms with Crippen molar-refractivity contribution in [2.75, 3.05) is 6.61 Å².